The Labute approximate surface area is 130 Å². The van der Waals surface area contributed by atoms with Gasteiger partial charge in [0.25, 0.3) is 0 Å². The van der Waals surface area contributed by atoms with E-state index in [0.717, 1.165) is 44.2 Å². The molecule has 0 spiro atoms. The number of carbonyl (C=O) groups excluding carboxylic acids is 1. The van der Waals surface area contributed by atoms with E-state index in [9.17, 15) is 4.79 Å². The number of nitrogens with zero attached hydrogens (tertiary/aromatic N) is 2. The Morgan fingerprint density at radius 1 is 1.14 bits per heavy atom. The molecule has 3 nitrogen and oxygen atoms in total. The van der Waals surface area contributed by atoms with Crippen LogP contribution in [-0.4, -0.2) is 47.9 Å². The lowest BCUT2D eigenvalue weighted by atomic mass is 9.86. The third-order valence-corrected chi connectivity index (χ3v) is 6.49. The summed E-state index contributed by atoms with van der Waals surface area (Å²) in [6.07, 6.45) is 8.68. The van der Waals surface area contributed by atoms with Gasteiger partial charge in [-0.3, -0.25) is 4.79 Å². The van der Waals surface area contributed by atoms with Gasteiger partial charge < -0.3 is 9.80 Å². The third-order valence-electron chi connectivity index (χ3n) is 6.49. The number of likely N-dealkylation sites (tertiary alicyclic amines) is 1. The van der Waals surface area contributed by atoms with Crippen molar-refractivity contribution >= 4 is 5.91 Å². The van der Waals surface area contributed by atoms with Crippen LogP contribution in [0.3, 0.4) is 0 Å². The first-order valence-electron chi connectivity index (χ1n) is 9.04. The lowest BCUT2D eigenvalue weighted by Crippen LogP contribution is -2.47. The van der Waals surface area contributed by atoms with Crippen molar-refractivity contribution in [3.05, 3.63) is 0 Å². The molecule has 3 heteroatoms. The van der Waals surface area contributed by atoms with Crippen LogP contribution >= 0.6 is 0 Å². The maximum Gasteiger partial charge on any atom is 0.222 e. The zero-order chi connectivity index (χ0) is 15.0. The van der Waals surface area contributed by atoms with Crippen molar-refractivity contribution in [1.29, 1.82) is 0 Å². The first-order chi connectivity index (χ1) is 10.0. The van der Waals surface area contributed by atoms with Gasteiger partial charge >= 0.3 is 0 Å². The predicted octanol–water partition coefficient (Wildman–Crippen LogP) is 3.14. The molecule has 0 aromatic carbocycles. The van der Waals surface area contributed by atoms with Crippen LogP contribution in [0.25, 0.3) is 0 Å². The van der Waals surface area contributed by atoms with Crippen LogP contribution in [0.5, 0.6) is 0 Å². The third kappa shape index (κ3) is 3.28. The monoisotopic (exact) mass is 292 g/mol. The Balaban J connectivity index is 1.47. The van der Waals surface area contributed by atoms with Gasteiger partial charge in [0.2, 0.25) is 5.91 Å². The summed E-state index contributed by atoms with van der Waals surface area (Å²) < 4.78 is 0. The molecule has 21 heavy (non-hydrogen) atoms. The molecule has 3 unspecified atom stereocenters. The van der Waals surface area contributed by atoms with Gasteiger partial charge in [0.15, 0.2) is 0 Å². The van der Waals surface area contributed by atoms with Crippen LogP contribution in [0.1, 0.15) is 58.8 Å². The van der Waals surface area contributed by atoms with Gasteiger partial charge in [-0.2, -0.15) is 0 Å². The first-order valence-corrected chi connectivity index (χ1v) is 9.04. The Hall–Kier alpha value is -0.570. The van der Waals surface area contributed by atoms with Crippen LogP contribution < -0.4 is 0 Å². The summed E-state index contributed by atoms with van der Waals surface area (Å²) in [5, 5.41) is 0. The highest BCUT2D eigenvalue weighted by Crippen LogP contribution is 2.49. The topological polar surface area (TPSA) is 23.6 Å². The van der Waals surface area contributed by atoms with Crippen molar-refractivity contribution in [3.63, 3.8) is 0 Å². The number of piperidine rings is 1. The molecule has 3 rings (SSSR count). The van der Waals surface area contributed by atoms with E-state index in [1.165, 1.54) is 25.7 Å². The zero-order valence-electron chi connectivity index (χ0n) is 14.1. The number of rotatable bonds is 4. The Bertz CT molecular complexity index is 373. The number of carbonyl (C=O) groups is 1. The van der Waals surface area contributed by atoms with E-state index >= 15 is 0 Å². The number of amides is 1. The van der Waals surface area contributed by atoms with Crippen molar-refractivity contribution < 1.29 is 4.79 Å². The second-order valence-corrected chi connectivity index (χ2v) is 8.00. The van der Waals surface area contributed by atoms with Gasteiger partial charge in [0.1, 0.15) is 0 Å². The fraction of sp³-hybridized carbons (Fsp3) is 0.944. The van der Waals surface area contributed by atoms with Gasteiger partial charge in [0, 0.05) is 38.6 Å². The highest BCUT2D eigenvalue weighted by molar-refractivity contribution is 5.76. The van der Waals surface area contributed by atoms with Crippen molar-refractivity contribution in [1.82, 2.24) is 9.80 Å². The highest BCUT2D eigenvalue weighted by atomic mass is 16.2. The van der Waals surface area contributed by atoms with Crippen LogP contribution in [-0.2, 0) is 4.79 Å². The predicted molar refractivity (Wildman–Crippen MR) is 86.1 cm³/mol. The Kier molecular flexibility index (Phi) is 4.58. The fourth-order valence-electron chi connectivity index (χ4n) is 4.99. The molecule has 0 radical (unpaired) electrons. The largest absolute Gasteiger partial charge is 0.343 e. The highest BCUT2D eigenvalue weighted by Gasteiger charge is 2.40. The van der Waals surface area contributed by atoms with E-state index in [4.69, 9.17) is 0 Å². The molecule has 2 saturated carbocycles. The van der Waals surface area contributed by atoms with Crippen LogP contribution in [0, 0.1) is 17.8 Å². The smallest absolute Gasteiger partial charge is 0.222 e. The first kappa shape index (κ1) is 15.3. The molecule has 0 aromatic rings. The molecule has 1 heterocycles. The summed E-state index contributed by atoms with van der Waals surface area (Å²) in [6, 6.07) is 1.12. The minimum atomic E-state index is 0.413. The van der Waals surface area contributed by atoms with Crippen LogP contribution in [0.4, 0.5) is 0 Å². The lowest BCUT2D eigenvalue weighted by Gasteiger charge is -2.39. The molecular formula is C18H32N2O. The van der Waals surface area contributed by atoms with Crippen molar-refractivity contribution in [2.24, 2.45) is 17.8 Å². The average molecular weight is 292 g/mol. The van der Waals surface area contributed by atoms with E-state index < -0.39 is 0 Å². The zero-order valence-corrected chi connectivity index (χ0v) is 14.1. The molecule has 3 atom stereocenters. The van der Waals surface area contributed by atoms with E-state index in [1.807, 2.05) is 7.05 Å². The number of hydrogen-bond donors (Lipinski definition) is 0. The quantitative estimate of drug-likeness (QED) is 0.795. The van der Waals surface area contributed by atoms with E-state index in [2.05, 4.69) is 23.6 Å². The molecule has 2 aliphatic carbocycles. The summed E-state index contributed by atoms with van der Waals surface area (Å²) in [6.45, 7) is 6.83. The van der Waals surface area contributed by atoms with Crippen molar-refractivity contribution in [2.75, 3.05) is 20.1 Å². The maximum atomic E-state index is 12.6. The maximum absolute atomic E-state index is 12.6. The molecule has 3 aliphatic rings. The van der Waals surface area contributed by atoms with E-state index in [0.29, 0.717) is 23.9 Å². The molecule has 0 aromatic heterocycles. The van der Waals surface area contributed by atoms with Gasteiger partial charge in [0.05, 0.1) is 0 Å². The number of hydrogen-bond acceptors (Lipinski definition) is 2. The molecule has 1 aliphatic heterocycles. The molecule has 1 amide bonds. The Morgan fingerprint density at radius 2 is 1.86 bits per heavy atom. The molecule has 1 saturated heterocycles. The van der Waals surface area contributed by atoms with Crippen molar-refractivity contribution in [3.8, 4) is 0 Å². The van der Waals surface area contributed by atoms with Gasteiger partial charge in [-0.25, -0.2) is 0 Å². The molecule has 3 fully saturated rings. The van der Waals surface area contributed by atoms with Gasteiger partial charge in [-0.1, -0.05) is 6.42 Å². The summed E-state index contributed by atoms with van der Waals surface area (Å²) in [4.78, 5) is 17.2. The average Bonchev–Trinajstić information content (AvgIpc) is 3.09. The van der Waals surface area contributed by atoms with E-state index in [-0.39, 0.29) is 0 Å². The van der Waals surface area contributed by atoms with Gasteiger partial charge in [-0.05, 0) is 63.7 Å². The van der Waals surface area contributed by atoms with Crippen LogP contribution in [0.15, 0.2) is 0 Å². The second kappa shape index (κ2) is 6.28. The number of fused-ring (bicyclic) bond motifs is 2. The van der Waals surface area contributed by atoms with E-state index in [1.54, 1.807) is 0 Å². The Morgan fingerprint density at radius 3 is 2.38 bits per heavy atom. The normalized spacial score (nSPS) is 33.8. The SMILES string of the molecule is CC(C)N1CCC(N(C)C(=O)CC2CC3CCC2C3)CC1. The van der Waals surface area contributed by atoms with Gasteiger partial charge in [-0.15, -0.1) is 0 Å². The molecular weight excluding hydrogens is 260 g/mol. The lowest BCUT2D eigenvalue weighted by molar-refractivity contribution is -0.134. The fourth-order valence-corrected chi connectivity index (χ4v) is 4.99. The molecule has 120 valence electrons. The minimum absolute atomic E-state index is 0.413. The summed E-state index contributed by atoms with van der Waals surface area (Å²) in [5.41, 5.74) is 0. The molecule has 0 N–H and O–H groups in total. The summed E-state index contributed by atoms with van der Waals surface area (Å²) >= 11 is 0. The summed E-state index contributed by atoms with van der Waals surface area (Å²) in [5.74, 6) is 2.94. The van der Waals surface area contributed by atoms with Crippen LogP contribution in [0.2, 0.25) is 0 Å². The minimum Gasteiger partial charge on any atom is -0.343 e. The molecule has 2 bridgehead atoms. The summed E-state index contributed by atoms with van der Waals surface area (Å²) in [7, 11) is 2.05. The standard InChI is InChI=1S/C18H32N2O/c1-13(2)20-8-6-17(7-9-20)19(3)18(21)12-16-11-14-4-5-15(16)10-14/h13-17H,4-12H2,1-3H3. The van der Waals surface area contributed by atoms with Crippen molar-refractivity contribution in [2.45, 2.75) is 70.9 Å². The second-order valence-electron chi connectivity index (χ2n) is 8.00.